The zero-order valence-corrected chi connectivity index (χ0v) is 22.0. The summed E-state index contributed by atoms with van der Waals surface area (Å²) in [6.07, 6.45) is 0.653. The van der Waals surface area contributed by atoms with Gasteiger partial charge in [-0.1, -0.05) is 13.8 Å². The lowest BCUT2D eigenvalue weighted by Crippen LogP contribution is -2.61. The minimum atomic E-state index is -1.10. The van der Waals surface area contributed by atoms with E-state index >= 15 is 0 Å². The predicted octanol–water partition coefficient (Wildman–Crippen LogP) is 2.33. The van der Waals surface area contributed by atoms with E-state index in [0.29, 0.717) is 30.9 Å². The van der Waals surface area contributed by atoms with Crippen LogP contribution in [0.15, 0.2) is 24.3 Å². The molecule has 3 aliphatic rings. The highest BCUT2D eigenvalue weighted by atomic mass is 16.5. The molecular formula is C27H39N3O6. The SMILES string of the molecule is CCOc1ccc(NC(=O)[C@@H]2[C@@H]3CCC4(O3)C(C(=O)NC(C)(C)C)N([C@@H](CO)C(C)C)C(=O)[C@H]24)cc1. The summed E-state index contributed by atoms with van der Waals surface area (Å²) in [6, 6.07) is 5.60. The maximum Gasteiger partial charge on any atom is 0.246 e. The van der Waals surface area contributed by atoms with Crippen LogP contribution in [-0.4, -0.2) is 70.3 Å². The van der Waals surface area contributed by atoms with Gasteiger partial charge >= 0.3 is 0 Å². The molecular weight excluding hydrogens is 462 g/mol. The Morgan fingerprint density at radius 3 is 2.44 bits per heavy atom. The number of rotatable bonds is 8. The van der Waals surface area contributed by atoms with Gasteiger partial charge in [0.2, 0.25) is 17.7 Å². The van der Waals surface area contributed by atoms with Crippen molar-refractivity contribution in [3.05, 3.63) is 24.3 Å². The Labute approximate surface area is 212 Å². The number of hydrogen-bond acceptors (Lipinski definition) is 6. The topological polar surface area (TPSA) is 117 Å². The van der Waals surface area contributed by atoms with E-state index in [2.05, 4.69) is 10.6 Å². The van der Waals surface area contributed by atoms with Gasteiger partial charge in [-0.3, -0.25) is 14.4 Å². The first-order chi connectivity index (χ1) is 16.9. The number of nitrogens with zero attached hydrogens (tertiary/aromatic N) is 1. The highest BCUT2D eigenvalue weighted by molar-refractivity contribution is 6.02. The fraction of sp³-hybridized carbons (Fsp3) is 0.667. The first kappa shape index (κ1) is 26.4. The molecule has 36 heavy (non-hydrogen) atoms. The number of nitrogens with one attached hydrogen (secondary N) is 2. The van der Waals surface area contributed by atoms with Crippen molar-refractivity contribution in [1.29, 1.82) is 0 Å². The summed E-state index contributed by atoms with van der Waals surface area (Å²) in [5.74, 6) is -1.81. The van der Waals surface area contributed by atoms with Gasteiger partial charge in [-0.05, 0) is 70.7 Å². The van der Waals surface area contributed by atoms with Crippen molar-refractivity contribution in [3.8, 4) is 5.75 Å². The van der Waals surface area contributed by atoms with Crippen molar-refractivity contribution in [3.63, 3.8) is 0 Å². The van der Waals surface area contributed by atoms with Gasteiger partial charge in [0.25, 0.3) is 0 Å². The fourth-order valence-corrected chi connectivity index (χ4v) is 6.13. The highest BCUT2D eigenvalue weighted by Gasteiger charge is 2.75. The van der Waals surface area contributed by atoms with Gasteiger partial charge < -0.3 is 30.1 Å². The summed E-state index contributed by atoms with van der Waals surface area (Å²) in [6.45, 7) is 11.6. The second kappa shape index (κ2) is 9.67. The minimum Gasteiger partial charge on any atom is -0.494 e. The molecule has 2 bridgehead atoms. The van der Waals surface area contributed by atoms with Gasteiger partial charge in [-0.15, -0.1) is 0 Å². The van der Waals surface area contributed by atoms with Gasteiger partial charge in [0, 0.05) is 11.2 Å². The number of carbonyl (C=O) groups is 3. The third kappa shape index (κ3) is 4.47. The van der Waals surface area contributed by atoms with Crippen LogP contribution in [0.4, 0.5) is 5.69 Å². The lowest BCUT2D eigenvalue weighted by Gasteiger charge is -2.39. The summed E-state index contributed by atoms with van der Waals surface area (Å²) in [7, 11) is 0. The van der Waals surface area contributed by atoms with E-state index in [4.69, 9.17) is 9.47 Å². The number of carbonyl (C=O) groups excluding carboxylic acids is 3. The van der Waals surface area contributed by atoms with E-state index in [0.717, 1.165) is 0 Å². The Balaban J connectivity index is 1.67. The van der Waals surface area contributed by atoms with E-state index in [1.165, 1.54) is 4.90 Å². The van der Waals surface area contributed by atoms with Crippen molar-refractivity contribution < 1.29 is 29.0 Å². The summed E-state index contributed by atoms with van der Waals surface area (Å²) < 4.78 is 11.9. The molecule has 0 saturated carbocycles. The minimum absolute atomic E-state index is 0.0903. The van der Waals surface area contributed by atoms with Crippen LogP contribution in [0.5, 0.6) is 5.75 Å². The van der Waals surface area contributed by atoms with Crippen molar-refractivity contribution >= 4 is 23.4 Å². The summed E-state index contributed by atoms with van der Waals surface area (Å²) in [4.78, 5) is 42.7. The lowest BCUT2D eigenvalue weighted by atomic mass is 9.70. The van der Waals surface area contributed by atoms with Crippen molar-refractivity contribution in [2.45, 2.75) is 83.7 Å². The first-order valence-electron chi connectivity index (χ1n) is 12.9. The van der Waals surface area contributed by atoms with Gasteiger partial charge in [-0.2, -0.15) is 0 Å². The van der Waals surface area contributed by atoms with Crippen LogP contribution in [0, 0.1) is 17.8 Å². The predicted molar refractivity (Wildman–Crippen MR) is 134 cm³/mol. The zero-order valence-electron chi connectivity index (χ0n) is 22.0. The Kier molecular flexibility index (Phi) is 7.09. The largest absolute Gasteiger partial charge is 0.494 e. The van der Waals surface area contributed by atoms with Gasteiger partial charge in [0.05, 0.1) is 37.2 Å². The van der Waals surface area contributed by atoms with Crippen LogP contribution >= 0.6 is 0 Å². The van der Waals surface area contributed by atoms with E-state index in [-0.39, 0.29) is 30.2 Å². The Morgan fingerprint density at radius 1 is 1.22 bits per heavy atom. The van der Waals surface area contributed by atoms with Crippen LogP contribution in [0.1, 0.15) is 54.4 Å². The maximum absolute atomic E-state index is 14.0. The molecule has 3 fully saturated rings. The third-order valence-corrected chi connectivity index (χ3v) is 7.53. The molecule has 3 saturated heterocycles. The maximum atomic E-state index is 14.0. The van der Waals surface area contributed by atoms with Crippen LogP contribution in [0.3, 0.4) is 0 Å². The molecule has 9 heteroatoms. The molecule has 0 aliphatic carbocycles. The number of likely N-dealkylation sites (tertiary alicyclic amines) is 1. The van der Waals surface area contributed by atoms with Crippen LogP contribution in [0.25, 0.3) is 0 Å². The quantitative estimate of drug-likeness (QED) is 0.503. The average Bonchev–Trinajstić information content (AvgIpc) is 3.42. The Bertz CT molecular complexity index is 1000. The molecule has 198 valence electrons. The van der Waals surface area contributed by atoms with E-state index < -0.39 is 41.2 Å². The zero-order chi connectivity index (χ0) is 26.4. The van der Waals surface area contributed by atoms with E-state index in [1.54, 1.807) is 24.3 Å². The first-order valence-corrected chi connectivity index (χ1v) is 12.9. The molecule has 2 unspecified atom stereocenters. The van der Waals surface area contributed by atoms with Gasteiger partial charge in [0.15, 0.2) is 0 Å². The molecule has 1 aromatic carbocycles. The number of aliphatic hydroxyl groups is 1. The van der Waals surface area contributed by atoms with Crippen molar-refractivity contribution in [1.82, 2.24) is 10.2 Å². The molecule has 6 atom stereocenters. The standard InChI is InChI=1S/C27H39N3O6/c1-7-35-17-10-8-16(9-11-17)28-23(32)20-19-12-13-27(36-19)21(20)25(34)30(18(14-31)15(2)3)22(27)24(33)29-26(4,5)6/h8-11,15,18-22,31H,7,12-14H2,1-6H3,(H,28,32)(H,29,33)/t18-,19-,20+,21-,22?,27?/m0/s1. The fourth-order valence-electron chi connectivity index (χ4n) is 6.13. The monoisotopic (exact) mass is 501 g/mol. The van der Waals surface area contributed by atoms with Gasteiger partial charge in [0.1, 0.15) is 17.4 Å². The number of fused-ring (bicyclic) bond motifs is 1. The second-order valence-corrected chi connectivity index (χ2v) is 11.5. The number of ether oxygens (including phenoxy) is 2. The highest BCUT2D eigenvalue weighted by Crippen LogP contribution is 2.59. The number of amides is 3. The van der Waals surface area contributed by atoms with Gasteiger partial charge in [-0.25, -0.2) is 0 Å². The summed E-state index contributed by atoms with van der Waals surface area (Å²) in [5.41, 5.74) is -1.02. The van der Waals surface area contributed by atoms with Crippen molar-refractivity contribution in [2.75, 3.05) is 18.5 Å². The van der Waals surface area contributed by atoms with Crippen LogP contribution in [-0.2, 0) is 19.1 Å². The number of hydrogen-bond donors (Lipinski definition) is 3. The lowest BCUT2D eigenvalue weighted by molar-refractivity contribution is -0.147. The number of benzene rings is 1. The smallest absolute Gasteiger partial charge is 0.246 e. The molecule has 0 radical (unpaired) electrons. The normalized spacial score (nSPS) is 29.9. The summed E-state index contributed by atoms with van der Waals surface area (Å²) >= 11 is 0. The van der Waals surface area contributed by atoms with Crippen LogP contribution < -0.4 is 15.4 Å². The molecule has 0 aromatic heterocycles. The molecule has 1 aromatic rings. The second-order valence-electron chi connectivity index (χ2n) is 11.5. The molecule has 1 spiro atoms. The summed E-state index contributed by atoms with van der Waals surface area (Å²) in [5, 5.41) is 16.2. The van der Waals surface area contributed by atoms with Crippen molar-refractivity contribution in [2.24, 2.45) is 17.8 Å². The molecule has 3 N–H and O–H groups in total. The molecule has 3 heterocycles. The number of anilines is 1. The van der Waals surface area contributed by atoms with Crippen LogP contribution in [0.2, 0.25) is 0 Å². The Morgan fingerprint density at radius 2 is 1.89 bits per heavy atom. The molecule has 3 amide bonds. The Hall–Kier alpha value is -2.65. The average molecular weight is 502 g/mol. The molecule has 3 aliphatic heterocycles. The van der Waals surface area contributed by atoms with E-state index in [1.807, 2.05) is 41.5 Å². The van der Waals surface area contributed by atoms with E-state index in [9.17, 15) is 19.5 Å². The third-order valence-electron chi connectivity index (χ3n) is 7.53. The molecule has 9 nitrogen and oxygen atoms in total. The molecule has 4 rings (SSSR count). The number of aliphatic hydroxyl groups excluding tert-OH is 1.